The summed E-state index contributed by atoms with van der Waals surface area (Å²) in [6.45, 7) is 4.00. The van der Waals surface area contributed by atoms with Crippen LogP contribution in [0.25, 0.3) is 11.1 Å². The molecule has 0 bridgehead atoms. The topological polar surface area (TPSA) is 60.5 Å². The van der Waals surface area contributed by atoms with Crippen molar-refractivity contribution >= 4 is 34.8 Å². The fourth-order valence-corrected chi connectivity index (χ4v) is 3.07. The van der Waals surface area contributed by atoms with Crippen LogP contribution in [0.5, 0.6) is 11.5 Å². The summed E-state index contributed by atoms with van der Waals surface area (Å²) in [4.78, 5) is 16.4. The van der Waals surface area contributed by atoms with Crippen LogP contribution in [0.15, 0.2) is 54.7 Å². The maximum absolute atomic E-state index is 13.2. The Labute approximate surface area is 181 Å². The number of carbonyl (C=O) groups excluding carboxylic acids is 1. The highest BCUT2D eigenvalue weighted by Crippen LogP contribution is 2.45. The Hall–Kier alpha value is -2.90. The number of para-hydroxylation sites is 1. The molecule has 0 unspecified atom stereocenters. The van der Waals surface area contributed by atoms with Crippen molar-refractivity contribution in [2.45, 2.75) is 20.1 Å². The van der Waals surface area contributed by atoms with E-state index >= 15 is 0 Å². The molecule has 1 aliphatic rings. The van der Waals surface area contributed by atoms with Crippen LogP contribution < -0.4 is 14.8 Å². The van der Waals surface area contributed by atoms with Crippen LogP contribution in [0.2, 0.25) is 10.0 Å². The monoisotopic (exact) mass is 452 g/mol. The maximum Gasteiger partial charge on any atom is 0.586 e. The minimum atomic E-state index is -3.73. The first-order valence-corrected chi connectivity index (χ1v) is 9.70. The minimum Gasteiger partial charge on any atom is -0.395 e. The molecule has 2 aromatic carbocycles. The zero-order valence-electron chi connectivity index (χ0n) is 15.9. The van der Waals surface area contributed by atoms with E-state index in [2.05, 4.69) is 19.8 Å². The molecule has 1 N–H and O–H groups in total. The third-order valence-corrected chi connectivity index (χ3v) is 4.56. The van der Waals surface area contributed by atoms with Crippen molar-refractivity contribution in [1.29, 1.82) is 0 Å². The van der Waals surface area contributed by atoms with Crippen LogP contribution in [-0.4, -0.2) is 17.2 Å². The van der Waals surface area contributed by atoms with Crippen molar-refractivity contribution in [3.05, 3.63) is 70.5 Å². The summed E-state index contributed by atoms with van der Waals surface area (Å²) in [5, 5.41) is 3.24. The highest BCUT2D eigenvalue weighted by Gasteiger charge is 2.43. The lowest BCUT2D eigenvalue weighted by Crippen LogP contribution is -2.25. The van der Waals surface area contributed by atoms with Crippen molar-refractivity contribution in [1.82, 2.24) is 4.98 Å². The summed E-state index contributed by atoms with van der Waals surface area (Å²) in [5.74, 6) is -0.733. The molecule has 1 amide bonds. The summed E-state index contributed by atoms with van der Waals surface area (Å²) in [7, 11) is 0. The Morgan fingerprint density at radius 3 is 2.30 bits per heavy atom. The fraction of sp³-hybridized carbons (Fsp3) is 0.143. The van der Waals surface area contributed by atoms with Gasteiger partial charge < -0.3 is 14.8 Å². The number of halogens is 4. The van der Waals surface area contributed by atoms with Crippen LogP contribution >= 0.6 is 23.2 Å². The zero-order chi connectivity index (χ0) is 21.9. The van der Waals surface area contributed by atoms with Crippen molar-refractivity contribution in [3.63, 3.8) is 0 Å². The lowest BCUT2D eigenvalue weighted by molar-refractivity contribution is -0.286. The second-order valence-electron chi connectivity index (χ2n) is 5.81. The fourth-order valence-electron chi connectivity index (χ4n) is 2.63. The van der Waals surface area contributed by atoms with Gasteiger partial charge in [-0.2, -0.15) is 0 Å². The molecule has 0 saturated carbocycles. The van der Waals surface area contributed by atoms with E-state index in [-0.39, 0.29) is 22.2 Å². The molecule has 0 radical (unpaired) electrons. The van der Waals surface area contributed by atoms with E-state index in [1.165, 1.54) is 24.4 Å². The number of pyridine rings is 1. The molecular weight excluding hydrogens is 437 g/mol. The lowest BCUT2D eigenvalue weighted by atomic mass is 10.1. The van der Waals surface area contributed by atoms with Crippen LogP contribution in [-0.2, 0) is 0 Å². The zero-order valence-corrected chi connectivity index (χ0v) is 17.4. The van der Waals surface area contributed by atoms with Gasteiger partial charge in [-0.25, -0.2) is 0 Å². The van der Waals surface area contributed by atoms with Crippen molar-refractivity contribution in [2.75, 3.05) is 5.32 Å². The highest BCUT2D eigenvalue weighted by atomic mass is 35.5. The number of fused-ring (bicyclic) bond motifs is 1. The van der Waals surface area contributed by atoms with E-state index in [4.69, 9.17) is 23.2 Å². The molecule has 4 rings (SSSR count). The summed E-state index contributed by atoms with van der Waals surface area (Å²) >= 11 is 12.2. The molecule has 30 heavy (non-hydrogen) atoms. The lowest BCUT2D eigenvalue weighted by Gasteiger charge is -2.08. The van der Waals surface area contributed by atoms with E-state index in [1.807, 2.05) is 13.8 Å². The van der Waals surface area contributed by atoms with Crippen molar-refractivity contribution in [3.8, 4) is 22.6 Å². The van der Waals surface area contributed by atoms with E-state index in [0.717, 1.165) is 0 Å². The minimum absolute atomic E-state index is 0.134. The third kappa shape index (κ3) is 4.63. The number of carbonyl (C=O) groups is 1. The molecular formula is C21H16Cl2F2N2O3. The van der Waals surface area contributed by atoms with Gasteiger partial charge in [-0.3, -0.25) is 9.78 Å². The second-order valence-corrected chi connectivity index (χ2v) is 6.63. The molecule has 0 aliphatic carbocycles. The number of benzene rings is 2. The third-order valence-electron chi connectivity index (χ3n) is 3.92. The number of aromatic nitrogens is 1. The number of alkyl halides is 2. The van der Waals surface area contributed by atoms with Crippen LogP contribution in [0.1, 0.15) is 24.3 Å². The van der Waals surface area contributed by atoms with E-state index in [9.17, 15) is 13.6 Å². The first-order valence-electron chi connectivity index (χ1n) is 8.94. The first-order chi connectivity index (χ1) is 14.3. The van der Waals surface area contributed by atoms with Gasteiger partial charge >= 0.3 is 6.29 Å². The van der Waals surface area contributed by atoms with Gasteiger partial charge in [-0.1, -0.05) is 55.2 Å². The number of rotatable bonds is 3. The molecule has 9 heteroatoms. The van der Waals surface area contributed by atoms with E-state index < -0.39 is 12.2 Å². The van der Waals surface area contributed by atoms with E-state index in [0.29, 0.717) is 21.8 Å². The van der Waals surface area contributed by atoms with Crippen LogP contribution in [0.4, 0.5) is 14.5 Å². The number of ether oxygens (including phenoxy) is 2. The molecule has 0 saturated heterocycles. The standard InChI is InChI=1S/C19H10Cl2F2N2O3.C2H6/c20-12-3-1-2-4-14(12)25-18(26)15-6-5-10(9-24-15)11-7-16-17(8-13(11)21)28-19(22,23)27-16;1-2/h1-9H,(H,25,26);1-2H3. The normalized spacial score (nSPS) is 13.3. The maximum atomic E-state index is 13.2. The summed E-state index contributed by atoms with van der Waals surface area (Å²) < 4.78 is 35.2. The average molecular weight is 453 g/mol. The Balaban J connectivity index is 0.00000124. The molecule has 3 aromatic rings. The molecule has 1 aliphatic heterocycles. The van der Waals surface area contributed by atoms with Gasteiger partial charge in [0, 0.05) is 23.4 Å². The predicted molar refractivity (Wildman–Crippen MR) is 112 cm³/mol. The molecule has 5 nitrogen and oxygen atoms in total. The molecule has 2 heterocycles. The van der Waals surface area contributed by atoms with Crippen molar-refractivity contribution in [2.24, 2.45) is 0 Å². The quantitative estimate of drug-likeness (QED) is 0.482. The average Bonchev–Trinajstić information content (AvgIpc) is 3.03. The second kappa shape index (κ2) is 8.85. The van der Waals surface area contributed by atoms with Gasteiger partial charge in [0.05, 0.1) is 15.7 Å². The van der Waals surface area contributed by atoms with Crippen LogP contribution in [0, 0.1) is 0 Å². The van der Waals surface area contributed by atoms with Gasteiger partial charge in [0.25, 0.3) is 5.91 Å². The SMILES string of the molecule is CC.O=C(Nc1ccccc1Cl)c1ccc(-c2cc3c(cc2Cl)OC(F)(F)O3)cn1. The number of hydrogen-bond donors (Lipinski definition) is 1. The van der Waals surface area contributed by atoms with Gasteiger partial charge in [0.15, 0.2) is 11.5 Å². The summed E-state index contributed by atoms with van der Waals surface area (Å²) in [6.07, 6.45) is -2.33. The van der Waals surface area contributed by atoms with Crippen molar-refractivity contribution < 1.29 is 23.0 Å². The molecule has 0 atom stereocenters. The molecule has 0 spiro atoms. The van der Waals surface area contributed by atoms with E-state index in [1.54, 1.807) is 30.3 Å². The Kier molecular flexibility index (Phi) is 6.43. The Bertz CT molecular complexity index is 1080. The van der Waals surface area contributed by atoms with Gasteiger partial charge in [-0.15, -0.1) is 8.78 Å². The number of nitrogens with one attached hydrogen (secondary N) is 1. The summed E-state index contributed by atoms with van der Waals surface area (Å²) in [6, 6.07) is 12.5. The summed E-state index contributed by atoms with van der Waals surface area (Å²) in [5.41, 5.74) is 1.53. The van der Waals surface area contributed by atoms with Gasteiger partial charge in [0.2, 0.25) is 0 Å². The predicted octanol–water partition coefficient (Wildman–Crippen LogP) is 6.66. The number of nitrogens with zero attached hydrogens (tertiary/aromatic N) is 1. The van der Waals surface area contributed by atoms with Gasteiger partial charge in [-0.05, 0) is 24.3 Å². The largest absolute Gasteiger partial charge is 0.586 e. The smallest absolute Gasteiger partial charge is 0.395 e. The van der Waals surface area contributed by atoms with Gasteiger partial charge in [0.1, 0.15) is 5.69 Å². The number of amides is 1. The Morgan fingerprint density at radius 2 is 1.67 bits per heavy atom. The number of anilines is 1. The number of hydrogen-bond acceptors (Lipinski definition) is 4. The molecule has 1 aromatic heterocycles. The first kappa shape index (κ1) is 21.8. The molecule has 156 valence electrons. The Morgan fingerprint density at radius 1 is 1.00 bits per heavy atom. The van der Waals surface area contributed by atoms with Crippen LogP contribution in [0.3, 0.4) is 0 Å². The highest BCUT2D eigenvalue weighted by molar-refractivity contribution is 6.34. The molecule has 0 fully saturated rings.